The first-order valence-corrected chi connectivity index (χ1v) is 8.10. The average Bonchev–Trinajstić information content (AvgIpc) is 3.05. The molecule has 0 radical (unpaired) electrons. The van der Waals surface area contributed by atoms with Crippen LogP contribution in [-0.2, 0) is 6.42 Å². The predicted molar refractivity (Wildman–Crippen MR) is 97.0 cm³/mol. The normalized spacial score (nSPS) is 14.4. The van der Waals surface area contributed by atoms with Crippen LogP contribution in [0.2, 0.25) is 0 Å². The van der Waals surface area contributed by atoms with Crippen LogP contribution in [0.3, 0.4) is 0 Å². The van der Waals surface area contributed by atoms with Crippen LogP contribution < -0.4 is 0 Å². The second kappa shape index (κ2) is 6.14. The minimum Gasteiger partial charge on any atom is -0.255 e. The fourth-order valence-electron chi connectivity index (χ4n) is 3.36. The van der Waals surface area contributed by atoms with Gasteiger partial charge in [0.1, 0.15) is 6.07 Å². The fourth-order valence-corrected chi connectivity index (χ4v) is 3.36. The molecule has 2 nitrogen and oxygen atoms in total. The molecule has 0 saturated carbocycles. The maximum Gasteiger partial charge on any atom is 0.101 e. The van der Waals surface area contributed by atoms with Gasteiger partial charge >= 0.3 is 0 Å². The van der Waals surface area contributed by atoms with Crippen LogP contribution in [0.15, 0.2) is 66.9 Å². The Kier molecular flexibility index (Phi) is 3.69. The number of pyridine rings is 1. The Morgan fingerprint density at radius 1 is 0.917 bits per heavy atom. The highest BCUT2D eigenvalue weighted by Gasteiger charge is 2.23. The van der Waals surface area contributed by atoms with Gasteiger partial charge < -0.3 is 0 Å². The van der Waals surface area contributed by atoms with E-state index in [1.54, 1.807) is 6.20 Å². The highest BCUT2D eigenvalue weighted by Crippen LogP contribution is 2.39. The third-order valence-corrected chi connectivity index (χ3v) is 4.45. The Hall–Kier alpha value is -3.18. The molecule has 0 atom stereocenters. The van der Waals surface area contributed by atoms with E-state index in [1.165, 1.54) is 16.7 Å². The highest BCUT2D eigenvalue weighted by atomic mass is 14.7. The van der Waals surface area contributed by atoms with E-state index in [-0.39, 0.29) is 0 Å². The molecule has 114 valence electrons. The van der Waals surface area contributed by atoms with Crippen molar-refractivity contribution in [3.8, 4) is 17.2 Å². The zero-order valence-corrected chi connectivity index (χ0v) is 13.2. The van der Waals surface area contributed by atoms with Crippen molar-refractivity contribution in [2.75, 3.05) is 0 Å². The standard InChI is InChI=1S/C22H16N2/c23-14-19-15-24-22-18(13-16-7-3-1-4-8-16)11-12-20(22)21(19)17-9-5-2-6-10-17/h1-10,13,15H,11-12H2/b18-13+. The molecule has 2 heteroatoms. The quantitative estimate of drug-likeness (QED) is 0.660. The molecule has 0 spiro atoms. The SMILES string of the molecule is N#Cc1cnc2c(c1-c1ccccc1)CC/C2=C\c1ccccc1. The van der Waals surface area contributed by atoms with Crippen LogP contribution in [-0.4, -0.2) is 4.98 Å². The molecular weight excluding hydrogens is 292 g/mol. The Labute approximate surface area is 141 Å². The van der Waals surface area contributed by atoms with Crippen LogP contribution in [0.4, 0.5) is 0 Å². The van der Waals surface area contributed by atoms with Gasteiger partial charge in [-0.1, -0.05) is 60.7 Å². The number of benzene rings is 2. The van der Waals surface area contributed by atoms with Crippen molar-refractivity contribution in [2.45, 2.75) is 12.8 Å². The van der Waals surface area contributed by atoms with Crippen molar-refractivity contribution in [1.29, 1.82) is 5.26 Å². The number of nitriles is 1. The lowest BCUT2D eigenvalue weighted by Gasteiger charge is -2.10. The highest BCUT2D eigenvalue weighted by molar-refractivity contribution is 5.88. The van der Waals surface area contributed by atoms with Crippen LogP contribution in [0.5, 0.6) is 0 Å². The van der Waals surface area contributed by atoms with Gasteiger partial charge in [-0.05, 0) is 41.2 Å². The monoisotopic (exact) mass is 308 g/mol. The summed E-state index contributed by atoms with van der Waals surface area (Å²) in [5.74, 6) is 0. The number of hydrogen-bond acceptors (Lipinski definition) is 2. The number of hydrogen-bond donors (Lipinski definition) is 0. The third-order valence-electron chi connectivity index (χ3n) is 4.45. The van der Waals surface area contributed by atoms with Crippen LogP contribution in [0, 0.1) is 11.3 Å². The summed E-state index contributed by atoms with van der Waals surface area (Å²) in [7, 11) is 0. The summed E-state index contributed by atoms with van der Waals surface area (Å²) in [5.41, 5.74) is 7.46. The molecular formula is C22H16N2. The smallest absolute Gasteiger partial charge is 0.101 e. The second-order valence-electron chi connectivity index (χ2n) is 5.93. The van der Waals surface area contributed by atoms with Gasteiger partial charge in [-0.15, -0.1) is 0 Å². The minimum atomic E-state index is 0.654. The van der Waals surface area contributed by atoms with Gasteiger partial charge in [0.2, 0.25) is 0 Å². The number of rotatable bonds is 2. The first-order chi connectivity index (χ1) is 11.9. The van der Waals surface area contributed by atoms with Crippen LogP contribution >= 0.6 is 0 Å². The van der Waals surface area contributed by atoms with E-state index in [0.29, 0.717) is 5.56 Å². The van der Waals surface area contributed by atoms with Gasteiger partial charge in [-0.2, -0.15) is 5.26 Å². The number of nitrogens with zero attached hydrogens (tertiary/aromatic N) is 2. The Balaban J connectivity index is 1.87. The minimum absolute atomic E-state index is 0.654. The van der Waals surface area contributed by atoms with Crippen molar-refractivity contribution in [3.05, 3.63) is 89.2 Å². The molecule has 1 aliphatic carbocycles. The second-order valence-corrected chi connectivity index (χ2v) is 5.93. The lowest BCUT2D eigenvalue weighted by atomic mass is 9.95. The molecule has 1 aromatic heterocycles. The molecule has 1 aliphatic rings. The third kappa shape index (κ3) is 2.51. The first kappa shape index (κ1) is 14.4. The van der Waals surface area contributed by atoms with Gasteiger partial charge in [-0.25, -0.2) is 0 Å². The summed E-state index contributed by atoms with van der Waals surface area (Å²) in [5, 5.41) is 9.51. The van der Waals surface area contributed by atoms with E-state index in [4.69, 9.17) is 0 Å². The van der Waals surface area contributed by atoms with Crippen molar-refractivity contribution in [2.24, 2.45) is 0 Å². The van der Waals surface area contributed by atoms with Gasteiger partial charge in [0, 0.05) is 11.8 Å². The summed E-state index contributed by atoms with van der Waals surface area (Å²) in [4.78, 5) is 4.60. The summed E-state index contributed by atoms with van der Waals surface area (Å²) in [6, 6.07) is 22.8. The molecule has 24 heavy (non-hydrogen) atoms. The van der Waals surface area contributed by atoms with Crippen molar-refractivity contribution < 1.29 is 0 Å². The Morgan fingerprint density at radius 2 is 1.62 bits per heavy atom. The fraction of sp³-hybridized carbons (Fsp3) is 0.0909. The summed E-state index contributed by atoms with van der Waals surface area (Å²) in [6.07, 6.45) is 5.82. The maximum absolute atomic E-state index is 9.51. The van der Waals surface area contributed by atoms with E-state index in [2.05, 4.69) is 41.4 Å². The summed E-state index contributed by atoms with van der Waals surface area (Å²) in [6.45, 7) is 0. The molecule has 3 aromatic rings. The van der Waals surface area contributed by atoms with Gasteiger partial charge in [0.05, 0.1) is 11.3 Å². The topological polar surface area (TPSA) is 36.7 Å². The maximum atomic E-state index is 9.51. The number of fused-ring (bicyclic) bond motifs is 1. The van der Waals surface area contributed by atoms with Gasteiger partial charge in [0.15, 0.2) is 0 Å². The molecule has 0 unspecified atom stereocenters. The first-order valence-electron chi connectivity index (χ1n) is 8.10. The summed E-state index contributed by atoms with van der Waals surface area (Å²) >= 11 is 0. The lowest BCUT2D eigenvalue weighted by molar-refractivity contribution is 1.08. The van der Waals surface area contributed by atoms with E-state index in [0.717, 1.165) is 29.7 Å². The molecule has 2 aromatic carbocycles. The molecule has 0 saturated heterocycles. The number of allylic oxidation sites excluding steroid dienone is 1. The Morgan fingerprint density at radius 3 is 2.33 bits per heavy atom. The largest absolute Gasteiger partial charge is 0.255 e. The van der Waals surface area contributed by atoms with Crippen molar-refractivity contribution in [1.82, 2.24) is 4.98 Å². The number of aromatic nitrogens is 1. The molecule has 1 heterocycles. The molecule has 0 aliphatic heterocycles. The van der Waals surface area contributed by atoms with Crippen LogP contribution in [0.1, 0.15) is 28.8 Å². The summed E-state index contributed by atoms with van der Waals surface area (Å²) < 4.78 is 0. The molecule has 0 bridgehead atoms. The zero-order chi connectivity index (χ0) is 16.4. The predicted octanol–water partition coefficient (Wildman–Crippen LogP) is 5.11. The molecule has 0 fully saturated rings. The molecule has 0 amide bonds. The lowest BCUT2D eigenvalue weighted by Crippen LogP contribution is -1.96. The zero-order valence-electron chi connectivity index (χ0n) is 13.2. The van der Waals surface area contributed by atoms with Gasteiger partial charge in [-0.3, -0.25) is 4.98 Å². The van der Waals surface area contributed by atoms with E-state index < -0.39 is 0 Å². The van der Waals surface area contributed by atoms with E-state index in [1.807, 2.05) is 36.4 Å². The molecule has 4 rings (SSSR count). The van der Waals surface area contributed by atoms with E-state index >= 15 is 0 Å². The van der Waals surface area contributed by atoms with E-state index in [9.17, 15) is 5.26 Å². The van der Waals surface area contributed by atoms with Crippen molar-refractivity contribution >= 4 is 11.6 Å². The van der Waals surface area contributed by atoms with Gasteiger partial charge in [0.25, 0.3) is 0 Å². The van der Waals surface area contributed by atoms with Crippen LogP contribution in [0.25, 0.3) is 22.8 Å². The molecule has 0 N–H and O–H groups in total. The average molecular weight is 308 g/mol. The van der Waals surface area contributed by atoms with Crippen molar-refractivity contribution in [3.63, 3.8) is 0 Å². The Bertz CT molecular complexity index is 949.